The van der Waals surface area contributed by atoms with Gasteiger partial charge in [-0.2, -0.15) is 0 Å². The van der Waals surface area contributed by atoms with E-state index in [1.165, 1.54) is 36.1 Å². The molecule has 92 heavy (non-hydrogen) atoms. The molecular formula is C59H95N17O16. The van der Waals surface area contributed by atoms with Gasteiger partial charge in [0.25, 0.3) is 0 Å². The fourth-order valence-corrected chi connectivity index (χ4v) is 10.4. The van der Waals surface area contributed by atoms with Crippen molar-refractivity contribution >= 4 is 88.7 Å². The third-order valence-electron chi connectivity index (χ3n) is 15.4. The Bertz CT molecular complexity index is 2820. The SMILES string of the molecule is CC[C@H](C)[C@H](NC(=O)CN)C(=O)N[C@@H](CCC(N)=O)C(=O)N[C@@H](CC(C)C)C(=O)N[C@@H](C)C(=O)N[C@@H](CC(N)=O)C(=O)N1CCC[C@H]1C(=O)N1CCC[C@H]1C(=O)N[C@@H](CCCN=C(N)N)C(=O)N[C@@H](CC(C)C)C(=O)N[C@@H](Cc1ccc(O)cc1)C(=O)NCC(=O)O. The van der Waals surface area contributed by atoms with Gasteiger partial charge in [0.2, 0.25) is 76.8 Å². The number of nitrogens with zero attached hydrogens (tertiary/aromatic N) is 3. The lowest BCUT2D eigenvalue weighted by Gasteiger charge is -2.33. The van der Waals surface area contributed by atoms with Gasteiger partial charge in [0.1, 0.15) is 72.7 Å². The molecular weight excluding hydrogens is 1200 g/mol. The van der Waals surface area contributed by atoms with E-state index in [1.54, 1.807) is 41.5 Å². The first-order valence-electron chi connectivity index (χ1n) is 30.9. The molecule has 2 aliphatic rings. The summed E-state index contributed by atoms with van der Waals surface area (Å²) in [5, 5.41) is 41.9. The maximum Gasteiger partial charge on any atom is 0.322 e. The van der Waals surface area contributed by atoms with Crippen molar-refractivity contribution in [3.05, 3.63) is 29.8 Å². The molecule has 33 heteroatoms. The van der Waals surface area contributed by atoms with E-state index in [4.69, 9.17) is 28.7 Å². The number of benzene rings is 1. The van der Waals surface area contributed by atoms with Gasteiger partial charge in [-0.1, -0.05) is 60.1 Å². The van der Waals surface area contributed by atoms with Crippen molar-refractivity contribution < 1.29 is 77.3 Å². The van der Waals surface area contributed by atoms with Gasteiger partial charge in [0.05, 0.1) is 13.0 Å². The van der Waals surface area contributed by atoms with Gasteiger partial charge in [-0.15, -0.1) is 0 Å². The summed E-state index contributed by atoms with van der Waals surface area (Å²) in [4.78, 5) is 195. The van der Waals surface area contributed by atoms with Gasteiger partial charge in [0.15, 0.2) is 5.96 Å². The summed E-state index contributed by atoms with van der Waals surface area (Å²) in [6.07, 6.45) is -0.173. The summed E-state index contributed by atoms with van der Waals surface area (Å²) in [5.41, 5.74) is 28.0. The summed E-state index contributed by atoms with van der Waals surface area (Å²) >= 11 is 0. The van der Waals surface area contributed by atoms with E-state index in [0.717, 1.165) is 4.90 Å². The summed E-state index contributed by atoms with van der Waals surface area (Å²) in [6, 6.07) is -7.68. The van der Waals surface area contributed by atoms with E-state index in [0.29, 0.717) is 18.4 Å². The molecule has 0 unspecified atom stereocenters. The lowest BCUT2D eigenvalue weighted by atomic mass is 9.97. The Morgan fingerprint density at radius 3 is 1.65 bits per heavy atom. The Kier molecular flexibility index (Phi) is 31.7. The predicted molar refractivity (Wildman–Crippen MR) is 333 cm³/mol. The van der Waals surface area contributed by atoms with Crippen LogP contribution in [0.4, 0.5) is 0 Å². The number of phenolic OH excluding ortho intramolecular Hbond substituents is 1. The van der Waals surface area contributed by atoms with Crippen LogP contribution in [0.15, 0.2) is 29.3 Å². The molecule has 1 aromatic rings. The number of aromatic hydroxyl groups is 1. The quantitative estimate of drug-likeness (QED) is 0.0168. The van der Waals surface area contributed by atoms with E-state index in [2.05, 4.69) is 52.8 Å². The number of phenols is 1. The van der Waals surface area contributed by atoms with E-state index in [-0.39, 0.29) is 107 Å². The molecule has 2 saturated heterocycles. The second-order valence-electron chi connectivity index (χ2n) is 24.0. The molecule has 13 amide bonds. The fourth-order valence-electron chi connectivity index (χ4n) is 10.4. The molecule has 2 aliphatic heterocycles. The lowest BCUT2D eigenvalue weighted by molar-refractivity contribution is -0.148. The predicted octanol–water partition coefficient (Wildman–Crippen LogP) is -4.69. The molecule has 0 saturated carbocycles. The normalized spacial score (nSPS) is 17.4. The van der Waals surface area contributed by atoms with Crippen molar-refractivity contribution in [1.82, 2.24) is 57.7 Å². The number of nitrogens with one attached hydrogen (secondary N) is 9. The van der Waals surface area contributed by atoms with Crippen LogP contribution in [0.5, 0.6) is 5.75 Å². The van der Waals surface area contributed by atoms with Crippen LogP contribution in [0, 0.1) is 17.8 Å². The van der Waals surface area contributed by atoms with Crippen LogP contribution in [0.2, 0.25) is 0 Å². The number of likely N-dealkylation sites (tertiary alicyclic amines) is 2. The Morgan fingerprint density at radius 1 is 0.598 bits per heavy atom. The molecule has 11 atom stereocenters. The van der Waals surface area contributed by atoms with Crippen LogP contribution in [0.1, 0.15) is 131 Å². The van der Waals surface area contributed by atoms with Gasteiger partial charge in [-0.3, -0.25) is 72.1 Å². The van der Waals surface area contributed by atoms with Crippen molar-refractivity contribution in [1.29, 1.82) is 0 Å². The van der Waals surface area contributed by atoms with Gasteiger partial charge in [-0.25, -0.2) is 0 Å². The van der Waals surface area contributed by atoms with Crippen LogP contribution in [-0.2, 0) is 73.5 Å². The highest BCUT2D eigenvalue weighted by molar-refractivity contribution is 6.00. The molecule has 0 bridgehead atoms. The minimum absolute atomic E-state index is 0.00239. The number of carboxylic acids is 1. The number of aliphatic carboxylic acids is 1. The smallest absolute Gasteiger partial charge is 0.322 e. The number of carbonyl (C=O) groups is 14. The third-order valence-corrected chi connectivity index (χ3v) is 15.4. The molecule has 2 heterocycles. The summed E-state index contributed by atoms with van der Waals surface area (Å²) in [6.45, 7) is 10.6. The van der Waals surface area contributed by atoms with E-state index in [1.807, 2.05) is 0 Å². The standard InChI is InChI=1S/C59H95N17O16/c1-8-32(6)48(74-46(80)28-60)56(90)69-37(19-20-44(61)78)52(86)70-38(24-30(2)3)53(87)67-33(7)49(83)73-41(27-45(62)79)57(91)76-23-11-14-43(76)58(92)75-22-10-13-42(75)55(89)68-36(12-9-21-65-59(63)64)51(85)71-39(25-31(4)5)54(88)72-40(50(84)66-29-47(81)82)26-34-15-17-35(77)18-16-34/h15-18,30-33,36-43,48,77H,8-14,19-29,60H2,1-7H3,(H2,61,78)(H2,62,79)(H,66,84)(H,67,87)(H,68,89)(H,69,90)(H,70,86)(H,71,85)(H,72,88)(H,73,83)(H,74,80)(H,81,82)(H4,63,64,65)/t32-,33-,36-,37-,38-,39-,40-,41-,42-,43-,48-/m0/s1. The molecule has 0 aliphatic carbocycles. The average molecular weight is 1300 g/mol. The summed E-state index contributed by atoms with van der Waals surface area (Å²) in [7, 11) is 0. The first kappa shape index (κ1) is 77.1. The Labute approximate surface area is 534 Å². The first-order valence-corrected chi connectivity index (χ1v) is 30.9. The molecule has 0 radical (unpaired) electrons. The van der Waals surface area contributed by atoms with Crippen LogP contribution < -0.4 is 76.5 Å². The highest BCUT2D eigenvalue weighted by Gasteiger charge is 2.45. The zero-order valence-corrected chi connectivity index (χ0v) is 53.4. The lowest BCUT2D eigenvalue weighted by Crippen LogP contribution is -2.60. The van der Waals surface area contributed by atoms with E-state index < -0.39 is 169 Å². The molecule has 2 fully saturated rings. The monoisotopic (exact) mass is 1300 g/mol. The largest absolute Gasteiger partial charge is 0.508 e. The second kappa shape index (κ2) is 37.9. The number of hydrogen-bond acceptors (Lipinski definition) is 17. The van der Waals surface area contributed by atoms with Gasteiger partial charge in [0, 0.05) is 32.5 Å². The van der Waals surface area contributed by atoms with Gasteiger partial charge in [-0.05, 0) is 100 Å². The van der Waals surface area contributed by atoms with Crippen molar-refractivity contribution in [3.63, 3.8) is 0 Å². The van der Waals surface area contributed by atoms with Crippen LogP contribution >= 0.6 is 0 Å². The molecule has 1 aromatic carbocycles. The Balaban J connectivity index is 1.83. The zero-order valence-electron chi connectivity index (χ0n) is 53.4. The maximum atomic E-state index is 14.6. The number of guanidine groups is 1. The minimum atomic E-state index is -1.67. The van der Waals surface area contributed by atoms with Crippen molar-refractivity contribution in [2.24, 2.45) is 51.4 Å². The number of nitrogens with two attached hydrogens (primary N) is 5. The number of rotatable bonds is 38. The van der Waals surface area contributed by atoms with Gasteiger partial charge >= 0.3 is 5.97 Å². The van der Waals surface area contributed by atoms with Crippen LogP contribution in [-0.4, -0.2) is 202 Å². The van der Waals surface area contributed by atoms with E-state index >= 15 is 0 Å². The van der Waals surface area contributed by atoms with Crippen molar-refractivity contribution in [2.75, 3.05) is 32.7 Å². The summed E-state index contributed by atoms with van der Waals surface area (Å²) < 4.78 is 0. The Morgan fingerprint density at radius 2 is 1.12 bits per heavy atom. The molecule has 33 nitrogen and oxygen atoms in total. The van der Waals surface area contributed by atoms with Gasteiger partial charge < -0.3 is 96.5 Å². The average Bonchev–Trinajstić information content (AvgIpc) is 1.63. The number of carboxylic acid groups (broad SMARTS) is 1. The molecule has 3 rings (SSSR count). The molecule has 0 spiro atoms. The van der Waals surface area contributed by atoms with Crippen LogP contribution in [0.3, 0.4) is 0 Å². The number of amides is 13. The highest BCUT2D eigenvalue weighted by Crippen LogP contribution is 2.27. The minimum Gasteiger partial charge on any atom is -0.508 e. The third kappa shape index (κ3) is 25.6. The second-order valence-corrected chi connectivity index (χ2v) is 24.0. The Hall–Kier alpha value is -9.17. The highest BCUT2D eigenvalue weighted by atomic mass is 16.4. The van der Waals surface area contributed by atoms with Crippen LogP contribution in [0.25, 0.3) is 0 Å². The number of aliphatic imine (C=N–C) groups is 1. The molecule has 21 N–H and O–H groups in total. The number of carbonyl (C=O) groups excluding carboxylic acids is 13. The number of hydrogen-bond donors (Lipinski definition) is 16. The molecule has 512 valence electrons. The van der Waals surface area contributed by atoms with E-state index in [9.17, 15) is 77.3 Å². The molecule has 0 aromatic heterocycles. The van der Waals surface area contributed by atoms with Crippen molar-refractivity contribution in [2.45, 2.75) is 192 Å². The van der Waals surface area contributed by atoms with Crippen molar-refractivity contribution in [3.8, 4) is 5.75 Å². The summed E-state index contributed by atoms with van der Waals surface area (Å²) in [5.74, 6) is -13.3. The fraction of sp³-hybridized carbons (Fsp3) is 0.644. The maximum absolute atomic E-state index is 14.6. The first-order chi connectivity index (χ1) is 43.3. The zero-order chi connectivity index (χ0) is 69.1. The topological polar surface area (TPSA) is 537 Å². The number of primary amides is 2.